The van der Waals surface area contributed by atoms with Gasteiger partial charge >= 0.3 is 0 Å². The summed E-state index contributed by atoms with van der Waals surface area (Å²) < 4.78 is 0. The fraction of sp³-hybridized carbons (Fsp3) is 0.875. The van der Waals surface area contributed by atoms with Gasteiger partial charge in [-0.15, -0.1) is 0 Å². The van der Waals surface area contributed by atoms with E-state index in [9.17, 15) is 9.59 Å². The third-order valence-corrected chi connectivity index (χ3v) is 4.22. The minimum absolute atomic E-state index is 0.0131. The minimum atomic E-state index is -0.318. The van der Waals surface area contributed by atoms with Crippen LogP contribution in [0, 0.1) is 5.92 Å². The Kier molecular flexibility index (Phi) is 7.63. The topological polar surface area (TPSA) is 49.4 Å². The van der Waals surface area contributed by atoms with Crippen LogP contribution in [0.15, 0.2) is 0 Å². The molecule has 1 aliphatic heterocycles. The van der Waals surface area contributed by atoms with Crippen LogP contribution < -0.4 is 5.32 Å². The van der Waals surface area contributed by atoms with Crippen molar-refractivity contribution in [1.29, 1.82) is 0 Å². The van der Waals surface area contributed by atoms with Crippen molar-refractivity contribution in [2.75, 3.05) is 13.1 Å². The molecule has 4 nitrogen and oxygen atoms in total. The molecule has 1 heterocycles. The first-order chi connectivity index (χ1) is 9.60. The van der Waals surface area contributed by atoms with Crippen LogP contribution in [0.3, 0.4) is 0 Å². The molecule has 0 saturated carbocycles. The van der Waals surface area contributed by atoms with E-state index in [4.69, 9.17) is 0 Å². The van der Waals surface area contributed by atoms with Crippen molar-refractivity contribution in [1.82, 2.24) is 10.2 Å². The predicted octanol–water partition coefficient (Wildman–Crippen LogP) is 2.72. The Morgan fingerprint density at radius 3 is 2.45 bits per heavy atom. The number of carbonyl (C=O) groups excluding carboxylic acids is 2. The average Bonchev–Trinajstić information content (AvgIpc) is 2.44. The van der Waals surface area contributed by atoms with E-state index in [1.807, 2.05) is 6.92 Å². The molecule has 0 aromatic rings. The summed E-state index contributed by atoms with van der Waals surface area (Å²) in [6.07, 6.45) is 8.12. The van der Waals surface area contributed by atoms with E-state index < -0.39 is 0 Å². The van der Waals surface area contributed by atoms with Crippen LogP contribution in [-0.4, -0.2) is 35.8 Å². The Hall–Kier alpha value is -1.06. The van der Waals surface area contributed by atoms with Gasteiger partial charge in [0.25, 0.3) is 0 Å². The molecular weight excluding hydrogens is 252 g/mol. The summed E-state index contributed by atoms with van der Waals surface area (Å²) in [6, 6.07) is -0.318. The van der Waals surface area contributed by atoms with Gasteiger partial charge < -0.3 is 10.2 Å². The molecule has 0 radical (unpaired) electrons. The van der Waals surface area contributed by atoms with Gasteiger partial charge in [-0.3, -0.25) is 9.59 Å². The molecule has 1 aliphatic rings. The smallest absolute Gasteiger partial charge is 0.245 e. The van der Waals surface area contributed by atoms with E-state index in [1.54, 1.807) is 4.90 Å². The number of hydrogen-bond acceptors (Lipinski definition) is 2. The number of piperazine rings is 1. The zero-order valence-corrected chi connectivity index (χ0v) is 13.3. The Morgan fingerprint density at radius 2 is 1.80 bits per heavy atom. The zero-order valence-electron chi connectivity index (χ0n) is 13.3. The summed E-state index contributed by atoms with van der Waals surface area (Å²) in [5.74, 6) is 0.298. The maximum Gasteiger partial charge on any atom is 0.245 e. The fourth-order valence-corrected chi connectivity index (χ4v) is 2.62. The highest BCUT2D eigenvalue weighted by atomic mass is 16.2. The second-order valence-electron chi connectivity index (χ2n) is 5.96. The van der Waals surface area contributed by atoms with E-state index >= 15 is 0 Å². The Bertz CT molecular complexity index is 318. The lowest BCUT2D eigenvalue weighted by Crippen LogP contribution is -2.60. The molecule has 0 bridgehead atoms. The van der Waals surface area contributed by atoms with Gasteiger partial charge in [0.05, 0.1) is 6.54 Å². The molecule has 0 aromatic carbocycles. The first-order valence-corrected chi connectivity index (χ1v) is 8.18. The monoisotopic (exact) mass is 282 g/mol. The Balaban J connectivity index is 2.36. The second-order valence-corrected chi connectivity index (χ2v) is 5.96. The number of amides is 2. The van der Waals surface area contributed by atoms with Crippen molar-refractivity contribution in [3.63, 3.8) is 0 Å². The van der Waals surface area contributed by atoms with E-state index in [0.29, 0.717) is 0 Å². The maximum atomic E-state index is 12.3. The van der Waals surface area contributed by atoms with Crippen LogP contribution in [0.1, 0.15) is 65.7 Å². The summed E-state index contributed by atoms with van der Waals surface area (Å²) in [4.78, 5) is 25.8. The van der Waals surface area contributed by atoms with Crippen molar-refractivity contribution < 1.29 is 9.59 Å². The number of unbranched alkanes of at least 4 members (excludes halogenated alkanes) is 5. The van der Waals surface area contributed by atoms with Gasteiger partial charge in [0, 0.05) is 6.54 Å². The number of nitrogens with one attached hydrogen (secondary N) is 1. The van der Waals surface area contributed by atoms with E-state index in [0.717, 1.165) is 25.8 Å². The first-order valence-electron chi connectivity index (χ1n) is 8.18. The summed E-state index contributed by atoms with van der Waals surface area (Å²) >= 11 is 0. The average molecular weight is 282 g/mol. The highest BCUT2D eigenvalue weighted by Crippen LogP contribution is 2.15. The second kappa shape index (κ2) is 8.98. The van der Waals surface area contributed by atoms with Crippen molar-refractivity contribution in [2.24, 2.45) is 5.92 Å². The standard InChI is InChI=1S/C16H30N2O2/c1-4-6-7-8-9-10-11-18-12-14(19)17-15(16(18)20)13(3)5-2/h13,15H,4-12H2,1-3H3,(H,17,19). The number of rotatable bonds is 9. The molecule has 20 heavy (non-hydrogen) atoms. The van der Waals surface area contributed by atoms with Gasteiger partial charge in [-0.05, 0) is 12.3 Å². The quantitative estimate of drug-likeness (QED) is 0.661. The normalized spacial score (nSPS) is 20.9. The first kappa shape index (κ1) is 17.0. The number of carbonyl (C=O) groups is 2. The van der Waals surface area contributed by atoms with E-state index in [2.05, 4.69) is 19.2 Å². The van der Waals surface area contributed by atoms with Crippen molar-refractivity contribution in [3.8, 4) is 0 Å². The SMILES string of the molecule is CCCCCCCCN1CC(=O)NC(C(C)CC)C1=O. The highest BCUT2D eigenvalue weighted by molar-refractivity contribution is 5.94. The largest absolute Gasteiger partial charge is 0.342 e. The van der Waals surface area contributed by atoms with Gasteiger partial charge in [0.2, 0.25) is 11.8 Å². The van der Waals surface area contributed by atoms with Gasteiger partial charge in [0.1, 0.15) is 6.04 Å². The molecule has 2 amide bonds. The molecule has 0 aliphatic carbocycles. The third kappa shape index (κ3) is 5.14. The zero-order chi connectivity index (χ0) is 15.0. The molecule has 0 aromatic heterocycles. The molecule has 0 spiro atoms. The number of nitrogens with zero attached hydrogens (tertiary/aromatic N) is 1. The maximum absolute atomic E-state index is 12.3. The van der Waals surface area contributed by atoms with Crippen molar-refractivity contribution in [2.45, 2.75) is 71.8 Å². The molecular formula is C16H30N2O2. The molecule has 1 fully saturated rings. The van der Waals surface area contributed by atoms with Crippen molar-refractivity contribution in [3.05, 3.63) is 0 Å². The Labute approximate surface area is 123 Å². The summed E-state index contributed by atoms with van der Waals surface area (Å²) in [7, 11) is 0. The molecule has 2 unspecified atom stereocenters. The lowest BCUT2D eigenvalue weighted by Gasteiger charge is -2.35. The van der Waals surface area contributed by atoms with Crippen LogP contribution in [0.2, 0.25) is 0 Å². The van der Waals surface area contributed by atoms with E-state index in [1.165, 1.54) is 25.7 Å². The van der Waals surface area contributed by atoms with Crippen LogP contribution in [0.25, 0.3) is 0 Å². The highest BCUT2D eigenvalue weighted by Gasteiger charge is 2.34. The van der Waals surface area contributed by atoms with Gasteiger partial charge in [-0.2, -0.15) is 0 Å². The van der Waals surface area contributed by atoms with Gasteiger partial charge in [0.15, 0.2) is 0 Å². The Morgan fingerprint density at radius 1 is 1.15 bits per heavy atom. The molecule has 116 valence electrons. The van der Waals surface area contributed by atoms with Crippen LogP contribution in [0.4, 0.5) is 0 Å². The lowest BCUT2D eigenvalue weighted by atomic mass is 9.96. The minimum Gasteiger partial charge on any atom is -0.342 e. The summed E-state index contributed by atoms with van der Waals surface area (Å²) in [6.45, 7) is 7.25. The van der Waals surface area contributed by atoms with Gasteiger partial charge in [-0.1, -0.05) is 59.3 Å². The van der Waals surface area contributed by atoms with Crippen LogP contribution in [-0.2, 0) is 9.59 Å². The van der Waals surface area contributed by atoms with E-state index in [-0.39, 0.29) is 30.3 Å². The molecule has 4 heteroatoms. The summed E-state index contributed by atoms with van der Waals surface area (Å²) in [5, 5.41) is 2.83. The fourth-order valence-electron chi connectivity index (χ4n) is 2.62. The van der Waals surface area contributed by atoms with Crippen molar-refractivity contribution >= 4 is 11.8 Å². The molecule has 1 rings (SSSR count). The molecule has 1 N–H and O–H groups in total. The number of hydrogen-bond donors (Lipinski definition) is 1. The van der Waals surface area contributed by atoms with Crippen LogP contribution >= 0.6 is 0 Å². The summed E-state index contributed by atoms with van der Waals surface area (Å²) in [5.41, 5.74) is 0. The molecule has 2 atom stereocenters. The third-order valence-electron chi connectivity index (χ3n) is 4.22. The lowest BCUT2D eigenvalue weighted by molar-refractivity contribution is -0.145. The predicted molar refractivity (Wildman–Crippen MR) is 81.3 cm³/mol. The molecule has 1 saturated heterocycles. The van der Waals surface area contributed by atoms with Crippen LogP contribution in [0.5, 0.6) is 0 Å². The van der Waals surface area contributed by atoms with Gasteiger partial charge in [-0.25, -0.2) is 0 Å².